The number of urea groups is 1. The van der Waals surface area contributed by atoms with Crippen LogP contribution in [0.2, 0.25) is 0 Å². The molecule has 0 bridgehead atoms. The first-order valence-electron chi connectivity index (χ1n) is 7.05. The van der Waals surface area contributed by atoms with Crippen LogP contribution in [0.5, 0.6) is 5.75 Å². The molecule has 1 N–H and O–H groups in total. The van der Waals surface area contributed by atoms with E-state index in [2.05, 4.69) is 17.0 Å². The van der Waals surface area contributed by atoms with Crippen molar-refractivity contribution in [3.05, 3.63) is 29.8 Å². The van der Waals surface area contributed by atoms with Crippen molar-refractivity contribution < 1.29 is 18.3 Å². The number of carbonyl (C=O) groups is 1. The van der Waals surface area contributed by atoms with Crippen molar-refractivity contribution in [3.63, 3.8) is 0 Å². The molecule has 21 heavy (non-hydrogen) atoms. The second-order valence-electron chi connectivity index (χ2n) is 4.82. The maximum Gasteiger partial charge on any atom is 0.387 e. The Hall–Kier alpha value is -1.85. The number of benzene rings is 1. The van der Waals surface area contributed by atoms with Gasteiger partial charge in [-0.2, -0.15) is 8.78 Å². The van der Waals surface area contributed by atoms with E-state index in [0.29, 0.717) is 13.1 Å². The molecular formula is C15H22F2N2O2. The molecule has 0 fully saturated rings. The van der Waals surface area contributed by atoms with Gasteiger partial charge in [0.05, 0.1) is 0 Å². The average molecular weight is 300 g/mol. The van der Waals surface area contributed by atoms with Crippen molar-refractivity contribution >= 4 is 6.03 Å². The number of hydrogen-bond acceptors (Lipinski definition) is 2. The Balaban J connectivity index is 2.39. The first-order valence-corrected chi connectivity index (χ1v) is 7.05. The van der Waals surface area contributed by atoms with Gasteiger partial charge in [0.2, 0.25) is 0 Å². The molecular weight excluding hydrogens is 278 g/mol. The van der Waals surface area contributed by atoms with Crippen LogP contribution in [-0.4, -0.2) is 31.1 Å². The topological polar surface area (TPSA) is 41.6 Å². The summed E-state index contributed by atoms with van der Waals surface area (Å²) < 4.78 is 28.3. The van der Waals surface area contributed by atoms with Crippen LogP contribution in [0.1, 0.15) is 31.7 Å². The third-order valence-corrected chi connectivity index (χ3v) is 2.97. The molecule has 0 aliphatic carbocycles. The summed E-state index contributed by atoms with van der Waals surface area (Å²) in [6, 6.07) is 6.12. The number of nitrogens with zero attached hydrogens (tertiary/aromatic N) is 1. The van der Waals surface area contributed by atoms with E-state index in [1.54, 1.807) is 24.1 Å². The van der Waals surface area contributed by atoms with Crippen LogP contribution in [0.15, 0.2) is 24.3 Å². The maximum atomic E-state index is 12.0. The second-order valence-corrected chi connectivity index (χ2v) is 4.82. The molecule has 118 valence electrons. The average Bonchev–Trinajstić information content (AvgIpc) is 2.45. The molecule has 2 amide bonds. The monoisotopic (exact) mass is 300 g/mol. The maximum absolute atomic E-state index is 12.0. The number of hydrogen-bond donors (Lipinski definition) is 1. The Morgan fingerprint density at radius 3 is 2.52 bits per heavy atom. The van der Waals surface area contributed by atoms with E-state index >= 15 is 0 Å². The fourth-order valence-electron chi connectivity index (χ4n) is 1.83. The molecule has 0 spiro atoms. The Morgan fingerprint density at radius 1 is 1.29 bits per heavy atom. The molecule has 1 rings (SSSR count). The third kappa shape index (κ3) is 6.92. The lowest BCUT2D eigenvalue weighted by Crippen LogP contribution is -2.37. The molecule has 4 nitrogen and oxygen atoms in total. The highest BCUT2D eigenvalue weighted by atomic mass is 19.3. The predicted octanol–water partition coefficient (Wildman–Crippen LogP) is 3.62. The molecule has 6 heteroatoms. The fraction of sp³-hybridized carbons (Fsp3) is 0.533. The van der Waals surface area contributed by atoms with Crippen LogP contribution in [0.3, 0.4) is 0 Å². The van der Waals surface area contributed by atoms with Crippen molar-refractivity contribution in [3.8, 4) is 5.75 Å². The van der Waals surface area contributed by atoms with Gasteiger partial charge in [-0.25, -0.2) is 4.79 Å². The van der Waals surface area contributed by atoms with E-state index in [1.807, 2.05) is 0 Å². The quantitative estimate of drug-likeness (QED) is 0.745. The molecule has 0 aromatic heterocycles. The number of nitrogens with one attached hydrogen (secondary N) is 1. The van der Waals surface area contributed by atoms with Gasteiger partial charge in [0.15, 0.2) is 0 Å². The van der Waals surface area contributed by atoms with Gasteiger partial charge in [0, 0.05) is 20.1 Å². The SMILES string of the molecule is CCCCCNC(=O)N(C)Cc1ccc(OC(F)F)cc1. The Labute approximate surface area is 124 Å². The zero-order chi connectivity index (χ0) is 15.7. The van der Waals surface area contributed by atoms with Gasteiger partial charge in [-0.15, -0.1) is 0 Å². The summed E-state index contributed by atoms with van der Waals surface area (Å²) in [7, 11) is 1.69. The number of carbonyl (C=O) groups excluding carboxylic acids is 1. The van der Waals surface area contributed by atoms with Crippen LogP contribution in [0.25, 0.3) is 0 Å². The van der Waals surface area contributed by atoms with Crippen LogP contribution in [0.4, 0.5) is 13.6 Å². The normalized spacial score (nSPS) is 10.5. The molecule has 0 unspecified atom stereocenters. The zero-order valence-electron chi connectivity index (χ0n) is 12.4. The first-order chi connectivity index (χ1) is 10.0. The summed E-state index contributed by atoms with van der Waals surface area (Å²) in [5.41, 5.74) is 0.850. The molecule has 0 saturated carbocycles. The van der Waals surface area contributed by atoms with Gasteiger partial charge in [0.25, 0.3) is 0 Å². The van der Waals surface area contributed by atoms with Gasteiger partial charge in [-0.3, -0.25) is 0 Å². The van der Waals surface area contributed by atoms with Gasteiger partial charge in [-0.05, 0) is 24.1 Å². The number of unbranched alkanes of at least 4 members (excludes halogenated alkanes) is 2. The van der Waals surface area contributed by atoms with Crippen molar-refractivity contribution in [1.29, 1.82) is 0 Å². The van der Waals surface area contributed by atoms with Gasteiger partial charge in [-0.1, -0.05) is 31.9 Å². The number of rotatable bonds is 8. The van der Waals surface area contributed by atoms with Crippen LogP contribution in [0, 0.1) is 0 Å². The van der Waals surface area contributed by atoms with Crippen molar-refractivity contribution in [2.24, 2.45) is 0 Å². The van der Waals surface area contributed by atoms with Crippen LogP contribution >= 0.6 is 0 Å². The van der Waals surface area contributed by atoms with E-state index in [9.17, 15) is 13.6 Å². The van der Waals surface area contributed by atoms with Crippen molar-refractivity contribution in [1.82, 2.24) is 10.2 Å². The Bertz CT molecular complexity index is 424. The molecule has 1 aromatic carbocycles. The van der Waals surface area contributed by atoms with E-state index < -0.39 is 6.61 Å². The van der Waals surface area contributed by atoms with Gasteiger partial charge >= 0.3 is 12.6 Å². The smallest absolute Gasteiger partial charge is 0.387 e. The lowest BCUT2D eigenvalue weighted by molar-refractivity contribution is -0.0498. The molecule has 0 radical (unpaired) electrons. The lowest BCUT2D eigenvalue weighted by Gasteiger charge is -2.18. The molecule has 0 aliphatic heterocycles. The summed E-state index contributed by atoms with van der Waals surface area (Å²) in [5, 5.41) is 2.84. The number of alkyl halides is 2. The fourth-order valence-corrected chi connectivity index (χ4v) is 1.83. The summed E-state index contributed by atoms with van der Waals surface area (Å²) in [6.07, 6.45) is 3.17. The van der Waals surface area contributed by atoms with E-state index in [-0.39, 0.29) is 11.8 Å². The lowest BCUT2D eigenvalue weighted by atomic mass is 10.2. The summed E-state index contributed by atoms with van der Waals surface area (Å²) in [4.78, 5) is 13.4. The highest BCUT2D eigenvalue weighted by Gasteiger charge is 2.09. The zero-order valence-corrected chi connectivity index (χ0v) is 12.4. The Morgan fingerprint density at radius 2 is 1.95 bits per heavy atom. The van der Waals surface area contributed by atoms with Crippen LogP contribution in [-0.2, 0) is 6.54 Å². The molecule has 0 atom stereocenters. The number of ether oxygens (including phenoxy) is 1. The minimum atomic E-state index is -2.83. The van der Waals surface area contributed by atoms with E-state index in [1.165, 1.54) is 12.1 Å². The highest BCUT2D eigenvalue weighted by Crippen LogP contribution is 2.15. The van der Waals surface area contributed by atoms with Gasteiger partial charge < -0.3 is 15.0 Å². The first kappa shape index (κ1) is 17.2. The summed E-state index contributed by atoms with van der Waals surface area (Å²) in [6.45, 7) is 0.356. The van der Waals surface area contributed by atoms with E-state index in [0.717, 1.165) is 24.8 Å². The summed E-state index contributed by atoms with van der Waals surface area (Å²) >= 11 is 0. The minimum absolute atomic E-state index is 0.112. The van der Waals surface area contributed by atoms with E-state index in [4.69, 9.17) is 0 Å². The summed E-state index contributed by atoms with van der Waals surface area (Å²) in [5.74, 6) is 0.112. The molecule has 1 aromatic rings. The number of amides is 2. The second kappa shape index (κ2) is 9.15. The predicted molar refractivity (Wildman–Crippen MR) is 77.5 cm³/mol. The number of halogens is 2. The largest absolute Gasteiger partial charge is 0.435 e. The standard InChI is InChI=1S/C15H22F2N2O2/c1-3-4-5-10-18-15(20)19(2)11-12-6-8-13(9-7-12)21-14(16)17/h6-9,14H,3-5,10-11H2,1-2H3,(H,18,20). The Kier molecular flexibility index (Phi) is 7.50. The molecule has 0 aliphatic rings. The minimum Gasteiger partial charge on any atom is -0.435 e. The third-order valence-electron chi connectivity index (χ3n) is 2.97. The van der Waals surface area contributed by atoms with Gasteiger partial charge in [0.1, 0.15) is 5.75 Å². The molecule has 0 heterocycles. The highest BCUT2D eigenvalue weighted by molar-refractivity contribution is 5.73. The van der Waals surface area contributed by atoms with Crippen LogP contribution < -0.4 is 10.1 Å². The van der Waals surface area contributed by atoms with Crippen molar-refractivity contribution in [2.75, 3.05) is 13.6 Å². The van der Waals surface area contributed by atoms with Crippen molar-refractivity contribution in [2.45, 2.75) is 39.3 Å². The molecule has 0 saturated heterocycles.